The van der Waals surface area contributed by atoms with Gasteiger partial charge in [0.2, 0.25) is 5.95 Å². The van der Waals surface area contributed by atoms with Crippen molar-refractivity contribution in [3.05, 3.63) is 42.5 Å². The van der Waals surface area contributed by atoms with Crippen LogP contribution in [0.3, 0.4) is 0 Å². The minimum atomic E-state index is -4.48. The summed E-state index contributed by atoms with van der Waals surface area (Å²) in [6, 6.07) is 4.74. The lowest BCUT2D eigenvalue weighted by Gasteiger charge is -2.13. The zero-order valence-electron chi connectivity index (χ0n) is 14.1. The van der Waals surface area contributed by atoms with E-state index in [9.17, 15) is 13.2 Å². The average Bonchev–Trinajstić information content (AvgIpc) is 3.10. The Kier molecular flexibility index (Phi) is 9.16. The number of alkyl halides is 3. The van der Waals surface area contributed by atoms with Gasteiger partial charge in [-0.05, 0) is 18.2 Å². The molecule has 0 atom stereocenters. The summed E-state index contributed by atoms with van der Waals surface area (Å²) in [6.07, 6.45) is 0.532. The Hall–Kier alpha value is -2.05. The molecular formula is C15H21F3IN7. The first-order valence-electron chi connectivity index (χ1n) is 7.68. The predicted octanol–water partition coefficient (Wildman–Crippen LogP) is 2.19. The largest absolute Gasteiger partial charge is 0.433 e. The molecule has 0 saturated carbocycles. The molecule has 2 aromatic heterocycles. The molecule has 0 aliphatic heterocycles. The maximum atomic E-state index is 12.6. The Morgan fingerprint density at radius 1 is 1.15 bits per heavy atom. The summed E-state index contributed by atoms with van der Waals surface area (Å²) in [5, 5.41) is 8.94. The second kappa shape index (κ2) is 10.8. The Morgan fingerprint density at radius 3 is 2.50 bits per heavy atom. The molecule has 0 radical (unpaired) electrons. The van der Waals surface area contributed by atoms with Gasteiger partial charge in [0.05, 0.1) is 0 Å². The maximum absolute atomic E-state index is 12.6. The summed E-state index contributed by atoms with van der Waals surface area (Å²) in [6.45, 7) is 2.28. The van der Waals surface area contributed by atoms with Crippen LogP contribution in [0.25, 0.3) is 0 Å². The summed E-state index contributed by atoms with van der Waals surface area (Å²) in [5.41, 5.74) is -0.972. The summed E-state index contributed by atoms with van der Waals surface area (Å²) in [5.74, 6) is 0.547. The van der Waals surface area contributed by atoms with E-state index in [0.717, 1.165) is 18.8 Å². The van der Waals surface area contributed by atoms with E-state index in [2.05, 4.69) is 30.9 Å². The van der Waals surface area contributed by atoms with Crippen molar-refractivity contribution in [3.8, 4) is 0 Å². The van der Waals surface area contributed by atoms with E-state index in [-0.39, 0.29) is 29.9 Å². The highest BCUT2D eigenvalue weighted by Crippen LogP contribution is 2.27. The molecule has 0 aromatic carbocycles. The fraction of sp³-hybridized carbons (Fsp3) is 0.400. The van der Waals surface area contributed by atoms with E-state index in [1.165, 1.54) is 0 Å². The summed E-state index contributed by atoms with van der Waals surface area (Å²) in [7, 11) is 1.65. The van der Waals surface area contributed by atoms with E-state index in [0.29, 0.717) is 25.6 Å². The van der Waals surface area contributed by atoms with Crippen LogP contribution < -0.4 is 16.0 Å². The lowest BCUT2D eigenvalue weighted by Crippen LogP contribution is -2.40. The molecule has 0 aliphatic carbocycles. The van der Waals surface area contributed by atoms with Crippen LogP contribution in [0.5, 0.6) is 0 Å². The summed E-state index contributed by atoms with van der Waals surface area (Å²) >= 11 is 0. The van der Waals surface area contributed by atoms with Crippen LogP contribution in [-0.2, 0) is 12.7 Å². The lowest BCUT2D eigenvalue weighted by molar-refractivity contribution is -0.141. The number of aromatic nitrogens is 3. The highest BCUT2D eigenvalue weighted by atomic mass is 127. The second-order valence-electron chi connectivity index (χ2n) is 5.04. The first-order chi connectivity index (χ1) is 12.0. The van der Waals surface area contributed by atoms with Crippen LogP contribution in [0.1, 0.15) is 5.69 Å². The van der Waals surface area contributed by atoms with Gasteiger partial charge in [-0.3, -0.25) is 4.99 Å². The molecule has 2 aromatic rings. The monoisotopic (exact) mass is 483 g/mol. The number of hydrogen-bond donors (Lipinski definition) is 3. The van der Waals surface area contributed by atoms with E-state index in [4.69, 9.17) is 0 Å². The minimum absolute atomic E-state index is 0. The zero-order valence-corrected chi connectivity index (χ0v) is 16.5. The van der Waals surface area contributed by atoms with E-state index in [1.807, 2.05) is 29.1 Å². The predicted molar refractivity (Wildman–Crippen MR) is 105 cm³/mol. The molecule has 0 bridgehead atoms. The Morgan fingerprint density at radius 2 is 1.85 bits per heavy atom. The highest BCUT2D eigenvalue weighted by Gasteiger charge is 2.32. The molecule has 2 rings (SSSR count). The van der Waals surface area contributed by atoms with Crippen molar-refractivity contribution in [1.82, 2.24) is 25.2 Å². The number of halogens is 4. The minimum Gasteiger partial charge on any atom is -0.355 e. The molecule has 11 heteroatoms. The number of hydrogen-bond acceptors (Lipinski definition) is 4. The smallest absolute Gasteiger partial charge is 0.355 e. The van der Waals surface area contributed by atoms with Gasteiger partial charge in [-0.25, -0.2) is 9.97 Å². The van der Waals surface area contributed by atoms with Gasteiger partial charge in [-0.1, -0.05) is 0 Å². The Bertz CT molecular complexity index is 674. The van der Waals surface area contributed by atoms with Crippen molar-refractivity contribution >= 4 is 35.9 Å². The topological polar surface area (TPSA) is 79.2 Å². The van der Waals surface area contributed by atoms with Gasteiger partial charge in [-0.2, -0.15) is 13.2 Å². The van der Waals surface area contributed by atoms with Gasteiger partial charge in [-0.15, -0.1) is 24.0 Å². The highest BCUT2D eigenvalue weighted by molar-refractivity contribution is 14.0. The second-order valence-corrected chi connectivity index (χ2v) is 5.04. The van der Waals surface area contributed by atoms with E-state index >= 15 is 0 Å². The number of guanidine groups is 1. The number of aliphatic imine (C=N–C) groups is 1. The molecule has 0 amide bonds. The van der Waals surface area contributed by atoms with E-state index in [1.54, 1.807) is 7.05 Å². The van der Waals surface area contributed by atoms with E-state index < -0.39 is 11.9 Å². The fourth-order valence-corrected chi connectivity index (χ4v) is 2.00. The number of rotatable bonds is 7. The Labute approximate surface area is 166 Å². The molecule has 7 nitrogen and oxygen atoms in total. The zero-order chi connectivity index (χ0) is 18.1. The van der Waals surface area contributed by atoms with Crippen molar-refractivity contribution in [2.24, 2.45) is 4.99 Å². The fourth-order valence-electron chi connectivity index (χ4n) is 2.00. The standard InChI is InChI=1S/C15H20F3N7.HI/c1-19-13(23-8-11-25-9-2-3-10-25)21-6-7-22-14-20-5-4-12(24-14)15(16,17)18;/h2-5,9-10H,6-8,11H2,1H3,(H2,19,21,23)(H,20,22,24);1H. The van der Waals surface area contributed by atoms with Crippen LogP contribution in [0.15, 0.2) is 41.8 Å². The van der Waals surface area contributed by atoms with Gasteiger partial charge >= 0.3 is 6.18 Å². The molecule has 0 aliphatic rings. The normalized spacial score (nSPS) is 11.6. The van der Waals surface area contributed by atoms with Crippen molar-refractivity contribution in [1.29, 1.82) is 0 Å². The molecule has 0 unspecified atom stereocenters. The van der Waals surface area contributed by atoms with Crippen LogP contribution >= 0.6 is 24.0 Å². The first kappa shape index (κ1) is 22.0. The molecule has 0 spiro atoms. The summed E-state index contributed by atoms with van der Waals surface area (Å²) < 4.78 is 39.8. The van der Waals surface area contributed by atoms with Crippen molar-refractivity contribution in [2.45, 2.75) is 12.7 Å². The average molecular weight is 483 g/mol. The lowest BCUT2D eigenvalue weighted by atomic mass is 10.4. The number of anilines is 1. The van der Waals surface area contributed by atoms with Crippen LogP contribution in [-0.4, -0.2) is 47.2 Å². The van der Waals surface area contributed by atoms with Gasteiger partial charge in [0.1, 0.15) is 5.69 Å². The SMILES string of the molecule is CN=C(NCCNc1nccc(C(F)(F)F)n1)NCCn1cccc1.I. The maximum Gasteiger partial charge on any atom is 0.433 e. The van der Waals surface area contributed by atoms with Crippen molar-refractivity contribution < 1.29 is 13.2 Å². The molecule has 0 fully saturated rings. The molecule has 3 N–H and O–H groups in total. The molecule has 144 valence electrons. The number of nitrogens with one attached hydrogen (secondary N) is 3. The third-order valence-corrected chi connectivity index (χ3v) is 3.20. The van der Waals surface area contributed by atoms with Gasteiger partial charge in [0.25, 0.3) is 0 Å². The molecular weight excluding hydrogens is 462 g/mol. The quantitative estimate of drug-likeness (QED) is 0.244. The third kappa shape index (κ3) is 7.45. The third-order valence-electron chi connectivity index (χ3n) is 3.20. The van der Waals surface area contributed by atoms with Crippen molar-refractivity contribution in [2.75, 3.05) is 32.0 Å². The van der Waals surface area contributed by atoms with Crippen LogP contribution in [0.2, 0.25) is 0 Å². The van der Waals surface area contributed by atoms with Gasteiger partial charge in [0, 0.05) is 51.8 Å². The van der Waals surface area contributed by atoms with Gasteiger partial charge in [0.15, 0.2) is 5.96 Å². The Balaban J connectivity index is 0.00000338. The molecule has 0 saturated heterocycles. The van der Waals surface area contributed by atoms with Crippen LogP contribution in [0.4, 0.5) is 19.1 Å². The first-order valence-corrected chi connectivity index (χ1v) is 7.68. The van der Waals surface area contributed by atoms with Gasteiger partial charge < -0.3 is 20.5 Å². The van der Waals surface area contributed by atoms with Crippen molar-refractivity contribution in [3.63, 3.8) is 0 Å². The van der Waals surface area contributed by atoms with Crippen LogP contribution in [0, 0.1) is 0 Å². The molecule has 26 heavy (non-hydrogen) atoms. The number of nitrogens with zero attached hydrogens (tertiary/aromatic N) is 4. The molecule has 2 heterocycles. The summed E-state index contributed by atoms with van der Waals surface area (Å²) in [4.78, 5) is 11.3.